The number of nitrogens with one attached hydrogen (secondary N) is 3. The summed E-state index contributed by atoms with van der Waals surface area (Å²) in [6, 6.07) is 14.1. The van der Waals surface area contributed by atoms with Crippen LogP contribution in [0.4, 0.5) is 23.0 Å². The van der Waals surface area contributed by atoms with Gasteiger partial charge in [0, 0.05) is 55.7 Å². The molecule has 0 saturated carbocycles. The Balaban J connectivity index is 1.73. The van der Waals surface area contributed by atoms with Gasteiger partial charge in [0.1, 0.15) is 0 Å². The van der Waals surface area contributed by atoms with Crippen molar-refractivity contribution in [3.8, 4) is 11.3 Å². The van der Waals surface area contributed by atoms with E-state index in [9.17, 15) is 0 Å². The zero-order valence-electron chi connectivity index (χ0n) is 17.5. The van der Waals surface area contributed by atoms with Crippen LogP contribution < -0.4 is 15.9 Å². The minimum absolute atomic E-state index is 0.535. The van der Waals surface area contributed by atoms with Crippen LogP contribution in [0, 0.1) is 6.92 Å². The lowest BCUT2D eigenvalue weighted by Gasteiger charge is -2.12. The minimum atomic E-state index is 0.535. The standard InChI is InChI=1S/C22H24N6/c1-14-12-25-22(26-15-9-10-18(23-2)19(11-15)24-3)27-21(14)17-13-28(4)20-8-6-5-7-16(17)20/h5-13,23-24H,1-4H3,(H,25,26,27)/i/hD. The predicted molar refractivity (Wildman–Crippen MR) is 118 cm³/mol. The van der Waals surface area contributed by atoms with Gasteiger partial charge in [-0.3, -0.25) is 0 Å². The van der Waals surface area contributed by atoms with Crippen molar-refractivity contribution in [2.24, 2.45) is 7.05 Å². The van der Waals surface area contributed by atoms with Crippen LogP contribution in [-0.2, 0) is 7.05 Å². The van der Waals surface area contributed by atoms with E-state index in [2.05, 4.69) is 38.5 Å². The molecule has 0 fully saturated rings. The Labute approximate surface area is 166 Å². The van der Waals surface area contributed by atoms with Crippen molar-refractivity contribution in [3.63, 3.8) is 0 Å². The van der Waals surface area contributed by atoms with Gasteiger partial charge in [-0.05, 0) is 36.8 Å². The van der Waals surface area contributed by atoms with Crippen LogP contribution in [0.1, 0.15) is 5.56 Å². The SMILES string of the molecule is [2H]N(C)c1ccc(Nc2ncc(C)c(-c3cn(C)c4ccccc34)n2)cc1NC. The maximum absolute atomic E-state index is 7.82. The van der Waals surface area contributed by atoms with Gasteiger partial charge in [-0.2, -0.15) is 0 Å². The summed E-state index contributed by atoms with van der Waals surface area (Å²) in [6.45, 7) is 2.03. The van der Waals surface area contributed by atoms with Crippen molar-refractivity contribution in [1.29, 1.82) is 0 Å². The first-order chi connectivity index (χ1) is 14.0. The van der Waals surface area contributed by atoms with Crippen LogP contribution >= 0.6 is 0 Å². The fraction of sp³-hybridized carbons (Fsp3) is 0.182. The molecule has 0 unspecified atom stereocenters. The monoisotopic (exact) mass is 373 g/mol. The lowest BCUT2D eigenvalue weighted by molar-refractivity contribution is 0.969. The summed E-state index contributed by atoms with van der Waals surface area (Å²) in [5, 5.41) is 8.91. The molecule has 0 atom stereocenters. The summed E-state index contributed by atoms with van der Waals surface area (Å²) >= 11 is 0. The Morgan fingerprint density at radius 3 is 2.68 bits per heavy atom. The van der Waals surface area contributed by atoms with Crippen molar-refractivity contribution in [2.45, 2.75) is 6.92 Å². The molecule has 2 aromatic heterocycles. The van der Waals surface area contributed by atoms with Gasteiger partial charge < -0.3 is 20.5 Å². The minimum Gasteiger partial charge on any atom is -0.386 e. The summed E-state index contributed by atoms with van der Waals surface area (Å²) < 4.78 is 9.94. The quantitative estimate of drug-likeness (QED) is 0.470. The summed E-state index contributed by atoms with van der Waals surface area (Å²) in [6.07, 6.45) is 3.96. The molecule has 0 amide bonds. The van der Waals surface area contributed by atoms with E-state index >= 15 is 0 Å². The van der Waals surface area contributed by atoms with Crippen molar-refractivity contribution in [3.05, 3.63) is 60.4 Å². The Morgan fingerprint density at radius 2 is 1.89 bits per heavy atom. The number of hydrogen-bond acceptors (Lipinski definition) is 5. The van der Waals surface area contributed by atoms with E-state index in [0.29, 0.717) is 5.95 Å². The highest BCUT2D eigenvalue weighted by Gasteiger charge is 2.13. The van der Waals surface area contributed by atoms with E-state index in [-0.39, 0.29) is 0 Å². The maximum atomic E-state index is 7.82. The highest BCUT2D eigenvalue weighted by molar-refractivity contribution is 5.95. The second kappa shape index (κ2) is 7.23. The zero-order valence-corrected chi connectivity index (χ0v) is 16.5. The Bertz CT molecular complexity index is 1180. The van der Waals surface area contributed by atoms with Gasteiger partial charge in [0.25, 0.3) is 0 Å². The van der Waals surface area contributed by atoms with Gasteiger partial charge in [-0.25, -0.2) is 9.97 Å². The average molecular weight is 373 g/mol. The molecule has 142 valence electrons. The number of rotatable bonds is 5. The number of hydrogen-bond donors (Lipinski definition) is 3. The first-order valence-electron chi connectivity index (χ1n) is 9.62. The van der Waals surface area contributed by atoms with Crippen molar-refractivity contribution < 1.29 is 1.41 Å². The Morgan fingerprint density at radius 1 is 1.07 bits per heavy atom. The fourth-order valence-corrected chi connectivity index (χ4v) is 3.44. The largest absolute Gasteiger partial charge is 0.386 e. The number of anilines is 4. The third-order valence-corrected chi connectivity index (χ3v) is 4.89. The fourth-order valence-electron chi connectivity index (χ4n) is 3.44. The van der Waals surface area contributed by atoms with Crippen molar-refractivity contribution in [1.82, 2.24) is 14.5 Å². The van der Waals surface area contributed by atoms with Crippen molar-refractivity contribution >= 4 is 33.9 Å². The predicted octanol–water partition coefficient (Wildman–Crippen LogP) is 4.77. The second-order valence-electron chi connectivity index (χ2n) is 6.73. The molecule has 4 aromatic rings. The smallest absolute Gasteiger partial charge is 0.227 e. The molecule has 0 saturated heterocycles. The third kappa shape index (κ3) is 3.13. The van der Waals surface area contributed by atoms with Crippen LogP contribution in [0.5, 0.6) is 0 Å². The summed E-state index contributed by atoms with van der Waals surface area (Å²) in [5.41, 5.74) is 6.70. The van der Waals surface area contributed by atoms with E-state index in [0.717, 1.165) is 33.9 Å². The maximum Gasteiger partial charge on any atom is 0.227 e. The van der Waals surface area contributed by atoms with Crippen LogP contribution in [0.15, 0.2) is 54.9 Å². The molecule has 0 aliphatic heterocycles. The lowest BCUT2D eigenvalue weighted by Crippen LogP contribution is -2.02. The van der Waals surface area contributed by atoms with E-state index in [1.54, 1.807) is 7.05 Å². The van der Waals surface area contributed by atoms with Gasteiger partial charge in [0.15, 0.2) is 1.41 Å². The molecule has 0 aliphatic rings. The molecular weight excluding hydrogens is 348 g/mol. The molecule has 3 N–H and O–H groups in total. The van der Waals surface area contributed by atoms with Crippen LogP contribution in [0.3, 0.4) is 0 Å². The number of nitrogens with zero attached hydrogens (tertiary/aromatic N) is 3. The van der Waals surface area contributed by atoms with Crippen molar-refractivity contribution in [2.75, 3.05) is 30.0 Å². The third-order valence-electron chi connectivity index (χ3n) is 4.89. The molecule has 0 radical (unpaired) electrons. The van der Waals surface area contributed by atoms with Gasteiger partial charge in [0.05, 0.1) is 17.1 Å². The normalized spacial score (nSPS) is 11.4. The van der Waals surface area contributed by atoms with Gasteiger partial charge in [-0.1, -0.05) is 18.2 Å². The number of fused-ring (bicyclic) bond motifs is 1. The summed E-state index contributed by atoms with van der Waals surface area (Å²) in [7, 11) is 5.58. The topological polar surface area (TPSA) is 66.8 Å². The number of benzene rings is 2. The Hall–Kier alpha value is -3.54. The average Bonchev–Trinajstić information content (AvgIpc) is 3.06. The van der Waals surface area contributed by atoms with Crippen LogP contribution in [0.2, 0.25) is 1.41 Å². The molecule has 0 spiro atoms. The zero-order chi connectivity index (χ0) is 20.5. The first kappa shape index (κ1) is 16.6. The number of para-hydroxylation sites is 1. The van der Waals surface area contributed by atoms with E-state index in [1.165, 1.54) is 16.2 Å². The van der Waals surface area contributed by atoms with E-state index < -0.39 is 0 Å². The molecular formula is C22H24N6. The second-order valence-corrected chi connectivity index (χ2v) is 6.73. The van der Waals surface area contributed by atoms with E-state index in [1.807, 2.05) is 57.5 Å². The molecule has 28 heavy (non-hydrogen) atoms. The van der Waals surface area contributed by atoms with Crippen LogP contribution in [0.25, 0.3) is 22.2 Å². The number of aromatic nitrogens is 3. The molecule has 6 heteroatoms. The van der Waals surface area contributed by atoms with Crippen LogP contribution in [-0.4, -0.2) is 28.6 Å². The first-order valence-corrected chi connectivity index (χ1v) is 9.17. The molecule has 4 rings (SSSR count). The molecule has 0 bridgehead atoms. The Kier molecular flexibility index (Phi) is 4.29. The summed E-state index contributed by atoms with van der Waals surface area (Å²) in [4.78, 5) is 9.27. The molecule has 2 aromatic carbocycles. The molecule has 0 aliphatic carbocycles. The number of aryl methyl sites for hydroxylation is 2. The molecule has 2 heterocycles. The summed E-state index contributed by atoms with van der Waals surface area (Å²) in [5.74, 6) is 0.535. The molecule has 6 nitrogen and oxygen atoms in total. The van der Waals surface area contributed by atoms with E-state index in [4.69, 9.17) is 6.40 Å². The lowest BCUT2D eigenvalue weighted by atomic mass is 10.1. The van der Waals surface area contributed by atoms with Gasteiger partial charge in [-0.15, -0.1) is 0 Å². The highest BCUT2D eigenvalue weighted by Crippen LogP contribution is 2.32. The van der Waals surface area contributed by atoms with Gasteiger partial charge in [0.2, 0.25) is 5.95 Å². The van der Waals surface area contributed by atoms with Gasteiger partial charge >= 0.3 is 0 Å². The highest BCUT2D eigenvalue weighted by atomic mass is 15.1.